The Morgan fingerprint density at radius 3 is 2.70 bits per heavy atom. The van der Waals surface area contributed by atoms with E-state index in [1.807, 2.05) is 50.2 Å². The molecule has 0 atom stereocenters. The van der Waals surface area contributed by atoms with Crippen LogP contribution in [0, 0.1) is 6.92 Å². The molecule has 0 spiro atoms. The van der Waals surface area contributed by atoms with Crippen molar-refractivity contribution >= 4 is 28.9 Å². The van der Waals surface area contributed by atoms with Crippen LogP contribution in [0.15, 0.2) is 42.5 Å². The lowest BCUT2D eigenvalue weighted by atomic mass is 10.2. The van der Waals surface area contributed by atoms with Gasteiger partial charge in [-0.25, -0.2) is 0 Å². The summed E-state index contributed by atoms with van der Waals surface area (Å²) in [5, 5.41) is 6.79. The van der Waals surface area contributed by atoms with Gasteiger partial charge in [-0.2, -0.15) is 0 Å². The number of carbonyl (C=O) groups is 1. The molecule has 0 aliphatic heterocycles. The highest BCUT2D eigenvalue weighted by Gasteiger charge is 2.06. The van der Waals surface area contributed by atoms with E-state index >= 15 is 0 Å². The number of hydrogen-bond donors (Lipinski definition) is 2. The molecule has 0 fully saturated rings. The molecule has 0 bridgehead atoms. The van der Waals surface area contributed by atoms with Crippen molar-refractivity contribution in [3.63, 3.8) is 0 Å². The normalized spacial score (nSPS) is 10.2. The lowest BCUT2D eigenvalue weighted by Gasteiger charge is -2.12. The number of anilines is 2. The Hall–Kier alpha value is -2.20. The Kier molecular flexibility index (Phi) is 6.29. The van der Waals surface area contributed by atoms with Crippen LogP contribution in [0.5, 0.6) is 5.75 Å². The molecule has 0 aliphatic carbocycles. The molecular formula is C18H21ClN2O2. The number of halogens is 1. The van der Waals surface area contributed by atoms with Gasteiger partial charge in [0.05, 0.1) is 12.3 Å². The zero-order valence-electron chi connectivity index (χ0n) is 13.4. The summed E-state index contributed by atoms with van der Waals surface area (Å²) in [7, 11) is 0. The van der Waals surface area contributed by atoms with Gasteiger partial charge >= 0.3 is 0 Å². The summed E-state index contributed by atoms with van der Waals surface area (Å²) in [6, 6.07) is 13.1. The van der Waals surface area contributed by atoms with Gasteiger partial charge < -0.3 is 15.4 Å². The Morgan fingerprint density at radius 1 is 1.17 bits per heavy atom. The summed E-state index contributed by atoms with van der Waals surface area (Å²) in [5.41, 5.74) is 2.62. The molecule has 2 rings (SSSR count). The number of nitrogens with one attached hydrogen (secondary N) is 2. The number of ether oxygens (including phenoxy) is 1. The fraction of sp³-hybridized carbons (Fsp3) is 0.278. The third-order valence-corrected chi connectivity index (χ3v) is 3.55. The average Bonchev–Trinajstić information content (AvgIpc) is 2.52. The molecule has 4 nitrogen and oxygen atoms in total. The number of para-hydroxylation sites is 2. The van der Waals surface area contributed by atoms with Crippen LogP contribution >= 0.6 is 11.6 Å². The highest BCUT2D eigenvalue weighted by Crippen LogP contribution is 2.23. The molecule has 0 unspecified atom stereocenters. The summed E-state index contributed by atoms with van der Waals surface area (Å²) in [4.78, 5) is 12.0. The minimum Gasteiger partial charge on any atom is -0.492 e. The zero-order valence-corrected chi connectivity index (χ0v) is 14.1. The molecule has 0 radical (unpaired) electrons. The second kappa shape index (κ2) is 8.44. The van der Waals surface area contributed by atoms with Crippen molar-refractivity contribution in [1.29, 1.82) is 0 Å². The Morgan fingerprint density at radius 2 is 1.96 bits per heavy atom. The van der Waals surface area contributed by atoms with Gasteiger partial charge in [-0.1, -0.05) is 23.7 Å². The number of hydrogen-bond acceptors (Lipinski definition) is 3. The van der Waals surface area contributed by atoms with Gasteiger partial charge in [0.25, 0.3) is 0 Å². The number of carbonyl (C=O) groups excluding carboxylic acids is 1. The highest BCUT2D eigenvalue weighted by molar-refractivity contribution is 6.30. The van der Waals surface area contributed by atoms with Crippen LogP contribution in [0.25, 0.3) is 0 Å². The topological polar surface area (TPSA) is 50.4 Å². The van der Waals surface area contributed by atoms with E-state index in [0.29, 0.717) is 24.6 Å². The van der Waals surface area contributed by atoms with E-state index in [4.69, 9.17) is 16.3 Å². The highest BCUT2D eigenvalue weighted by atomic mass is 35.5. The summed E-state index contributed by atoms with van der Waals surface area (Å²) >= 11 is 5.91. The Labute approximate surface area is 141 Å². The predicted octanol–water partition coefficient (Wildman–Crippen LogP) is 4.49. The first-order valence-electron chi connectivity index (χ1n) is 7.62. The van der Waals surface area contributed by atoms with E-state index in [2.05, 4.69) is 10.6 Å². The lowest BCUT2D eigenvalue weighted by molar-refractivity contribution is -0.115. The molecule has 1 amide bonds. The molecule has 0 aromatic heterocycles. The van der Waals surface area contributed by atoms with E-state index in [0.717, 1.165) is 22.7 Å². The molecule has 0 aliphatic rings. The maximum absolute atomic E-state index is 12.0. The third kappa shape index (κ3) is 5.18. The fourth-order valence-corrected chi connectivity index (χ4v) is 2.41. The summed E-state index contributed by atoms with van der Waals surface area (Å²) in [5.74, 6) is 0.751. The SMILES string of the molecule is CCOc1ccccc1NCCC(=O)Nc1ccc(Cl)cc1C. The first kappa shape index (κ1) is 17.2. The molecular weight excluding hydrogens is 312 g/mol. The average molecular weight is 333 g/mol. The largest absolute Gasteiger partial charge is 0.492 e. The lowest BCUT2D eigenvalue weighted by Crippen LogP contribution is -2.17. The minimum atomic E-state index is -0.0446. The van der Waals surface area contributed by atoms with E-state index in [-0.39, 0.29) is 5.91 Å². The van der Waals surface area contributed by atoms with Crippen LogP contribution in [0.3, 0.4) is 0 Å². The summed E-state index contributed by atoms with van der Waals surface area (Å²) in [6.07, 6.45) is 0.364. The van der Waals surface area contributed by atoms with Crippen molar-refractivity contribution in [2.45, 2.75) is 20.3 Å². The van der Waals surface area contributed by atoms with Crippen molar-refractivity contribution in [3.8, 4) is 5.75 Å². The number of amides is 1. The van der Waals surface area contributed by atoms with E-state index in [1.54, 1.807) is 6.07 Å². The van der Waals surface area contributed by atoms with Crippen LogP contribution in [-0.2, 0) is 4.79 Å². The monoisotopic (exact) mass is 332 g/mol. The van der Waals surface area contributed by atoms with Crippen molar-refractivity contribution in [2.24, 2.45) is 0 Å². The van der Waals surface area contributed by atoms with E-state index in [1.165, 1.54) is 0 Å². The van der Waals surface area contributed by atoms with Gasteiger partial charge in [-0.15, -0.1) is 0 Å². The molecule has 2 N–H and O–H groups in total. The van der Waals surface area contributed by atoms with Gasteiger partial charge in [0.15, 0.2) is 0 Å². The number of rotatable bonds is 7. The molecule has 2 aromatic carbocycles. The number of aryl methyl sites for hydroxylation is 1. The molecule has 5 heteroatoms. The van der Waals surface area contributed by atoms with Crippen LogP contribution < -0.4 is 15.4 Å². The molecule has 2 aromatic rings. The standard InChI is InChI=1S/C18H21ClN2O2/c1-3-23-17-7-5-4-6-16(17)20-11-10-18(22)21-15-9-8-14(19)12-13(15)2/h4-9,12,20H,3,10-11H2,1-2H3,(H,21,22). The van der Waals surface area contributed by atoms with Crippen molar-refractivity contribution in [2.75, 3.05) is 23.8 Å². The molecule has 0 heterocycles. The van der Waals surface area contributed by atoms with Crippen LogP contribution in [0.1, 0.15) is 18.9 Å². The second-order valence-electron chi connectivity index (χ2n) is 5.11. The Bertz CT molecular complexity index is 674. The maximum Gasteiger partial charge on any atom is 0.226 e. The molecule has 0 saturated carbocycles. The van der Waals surface area contributed by atoms with Crippen molar-refractivity contribution in [1.82, 2.24) is 0 Å². The summed E-state index contributed by atoms with van der Waals surface area (Å²) < 4.78 is 5.54. The molecule has 0 saturated heterocycles. The van der Waals surface area contributed by atoms with Gasteiger partial charge in [-0.05, 0) is 49.7 Å². The maximum atomic E-state index is 12.0. The van der Waals surface area contributed by atoms with Crippen LogP contribution in [0.2, 0.25) is 5.02 Å². The smallest absolute Gasteiger partial charge is 0.226 e. The van der Waals surface area contributed by atoms with Crippen LogP contribution in [0.4, 0.5) is 11.4 Å². The van der Waals surface area contributed by atoms with E-state index in [9.17, 15) is 4.79 Å². The van der Waals surface area contributed by atoms with Crippen molar-refractivity contribution < 1.29 is 9.53 Å². The molecule has 23 heavy (non-hydrogen) atoms. The quantitative estimate of drug-likeness (QED) is 0.785. The van der Waals surface area contributed by atoms with Gasteiger partial charge in [0.1, 0.15) is 5.75 Å². The van der Waals surface area contributed by atoms with Crippen LogP contribution in [-0.4, -0.2) is 19.1 Å². The fourth-order valence-electron chi connectivity index (χ4n) is 2.18. The second-order valence-corrected chi connectivity index (χ2v) is 5.55. The Balaban J connectivity index is 1.85. The third-order valence-electron chi connectivity index (χ3n) is 3.32. The summed E-state index contributed by atoms with van der Waals surface area (Å²) in [6.45, 7) is 4.99. The van der Waals surface area contributed by atoms with Gasteiger partial charge in [0, 0.05) is 23.7 Å². The van der Waals surface area contributed by atoms with E-state index < -0.39 is 0 Å². The predicted molar refractivity (Wildman–Crippen MR) is 95.5 cm³/mol. The first-order valence-corrected chi connectivity index (χ1v) is 7.99. The first-order chi connectivity index (χ1) is 11.1. The minimum absolute atomic E-state index is 0.0446. The zero-order chi connectivity index (χ0) is 16.7. The van der Waals surface area contributed by atoms with Crippen molar-refractivity contribution in [3.05, 3.63) is 53.1 Å². The number of benzene rings is 2. The van der Waals surface area contributed by atoms with Gasteiger partial charge in [0.2, 0.25) is 5.91 Å². The van der Waals surface area contributed by atoms with Gasteiger partial charge in [-0.3, -0.25) is 4.79 Å². The molecule has 122 valence electrons.